The highest BCUT2D eigenvalue weighted by Crippen LogP contribution is 2.71. The highest BCUT2D eigenvalue weighted by atomic mass is 14.7. The molecule has 0 aromatic rings. The van der Waals surface area contributed by atoms with Crippen LogP contribution in [-0.4, -0.2) is 0 Å². The predicted octanol–water partition coefficient (Wildman–Crippen LogP) is 11.1. The van der Waals surface area contributed by atoms with Gasteiger partial charge in [-0.3, -0.25) is 0 Å². The van der Waals surface area contributed by atoms with Gasteiger partial charge in [-0.05, 0) is 90.8 Å². The van der Waals surface area contributed by atoms with Crippen LogP contribution in [-0.2, 0) is 0 Å². The average molecular weight is 447 g/mol. The molecule has 190 valence electrons. The molecule has 4 saturated carbocycles. The van der Waals surface area contributed by atoms with Crippen LogP contribution < -0.4 is 0 Å². The molecule has 0 heteroatoms. The van der Waals surface area contributed by atoms with Crippen LogP contribution >= 0.6 is 0 Å². The highest BCUT2D eigenvalue weighted by Gasteiger charge is 2.62. The molecule has 6 unspecified atom stereocenters. The van der Waals surface area contributed by atoms with Gasteiger partial charge in [-0.25, -0.2) is 0 Å². The fraction of sp³-hybridized carbons (Fsp3) is 1.00. The normalized spacial score (nSPS) is 41.5. The van der Waals surface area contributed by atoms with E-state index in [2.05, 4.69) is 48.5 Å². The first-order valence-electron chi connectivity index (χ1n) is 15.2. The molecule has 0 aromatic heterocycles. The van der Waals surface area contributed by atoms with Gasteiger partial charge in [0, 0.05) is 0 Å². The van der Waals surface area contributed by atoms with Crippen LogP contribution in [0.1, 0.15) is 159 Å². The van der Waals surface area contributed by atoms with Crippen molar-refractivity contribution in [2.24, 2.45) is 45.8 Å². The summed E-state index contributed by atoms with van der Waals surface area (Å²) in [5.41, 5.74) is 1.83. The molecule has 32 heavy (non-hydrogen) atoms. The van der Waals surface area contributed by atoms with Gasteiger partial charge < -0.3 is 0 Å². The molecule has 0 heterocycles. The van der Waals surface area contributed by atoms with E-state index in [9.17, 15) is 0 Å². The Morgan fingerprint density at radius 1 is 0.719 bits per heavy atom. The van der Waals surface area contributed by atoms with Gasteiger partial charge in [-0.15, -0.1) is 0 Å². The first-order valence-corrected chi connectivity index (χ1v) is 15.2. The van der Waals surface area contributed by atoms with Crippen molar-refractivity contribution >= 4 is 0 Å². The van der Waals surface area contributed by atoms with E-state index in [-0.39, 0.29) is 0 Å². The van der Waals surface area contributed by atoms with Gasteiger partial charge in [0.2, 0.25) is 0 Å². The quantitative estimate of drug-likeness (QED) is 0.395. The number of rotatable bonds is 2. The molecular weight excluding hydrogens is 384 g/mol. The lowest BCUT2D eigenvalue weighted by Gasteiger charge is -2.66. The zero-order valence-electron chi connectivity index (χ0n) is 24.0. The van der Waals surface area contributed by atoms with Crippen LogP contribution in [0.5, 0.6) is 0 Å². The van der Waals surface area contributed by atoms with Crippen LogP contribution in [0.2, 0.25) is 0 Å². The second-order valence-electron chi connectivity index (χ2n) is 13.5. The van der Waals surface area contributed by atoms with Crippen molar-refractivity contribution in [1.29, 1.82) is 0 Å². The molecule has 4 aliphatic carbocycles. The Bertz CT molecular complexity index is 526. The van der Waals surface area contributed by atoms with Crippen molar-refractivity contribution < 1.29 is 0 Å². The van der Waals surface area contributed by atoms with Gasteiger partial charge in [0.25, 0.3) is 0 Å². The van der Waals surface area contributed by atoms with Gasteiger partial charge >= 0.3 is 0 Å². The summed E-state index contributed by atoms with van der Waals surface area (Å²) in [6.45, 7) is 21.9. The lowest BCUT2D eigenvalue weighted by Crippen LogP contribution is -2.58. The van der Waals surface area contributed by atoms with E-state index < -0.39 is 0 Å². The van der Waals surface area contributed by atoms with Crippen molar-refractivity contribution in [3.63, 3.8) is 0 Å². The molecule has 0 N–H and O–H groups in total. The predicted molar refractivity (Wildman–Crippen MR) is 145 cm³/mol. The SMILES string of the molecule is CC.CC1CCCCC1.CCCC1CC2(C)C(C)CCC3C(C)(C)CCCC32CCC1C. The van der Waals surface area contributed by atoms with E-state index in [0.717, 1.165) is 29.6 Å². The van der Waals surface area contributed by atoms with Crippen molar-refractivity contribution in [2.45, 2.75) is 159 Å². The molecule has 0 aromatic carbocycles. The minimum Gasteiger partial charge on any atom is -0.0683 e. The Morgan fingerprint density at radius 2 is 1.38 bits per heavy atom. The fourth-order valence-electron chi connectivity index (χ4n) is 9.05. The molecule has 0 saturated heterocycles. The maximum absolute atomic E-state index is 2.74. The number of hydrogen-bond acceptors (Lipinski definition) is 0. The minimum absolute atomic E-state index is 0.577. The third kappa shape index (κ3) is 5.79. The summed E-state index contributed by atoms with van der Waals surface area (Å²) in [4.78, 5) is 0. The molecule has 1 spiro atoms. The molecule has 0 amide bonds. The summed E-state index contributed by atoms with van der Waals surface area (Å²) < 4.78 is 0. The minimum atomic E-state index is 0.577. The van der Waals surface area contributed by atoms with Crippen molar-refractivity contribution in [3.8, 4) is 0 Å². The second kappa shape index (κ2) is 12.1. The molecule has 4 rings (SSSR count). The van der Waals surface area contributed by atoms with Gasteiger partial charge in [-0.1, -0.05) is 114 Å². The van der Waals surface area contributed by atoms with Crippen molar-refractivity contribution in [2.75, 3.05) is 0 Å². The lowest BCUT2D eigenvalue weighted by atomic mass is 9.39. The van der Waals surface area contributed by atoms with Crippen LogP contribution in [0, 0.1) is 45.8 Å². The Labute approximate surface area is 204 Å². The van der Waals surface area contributed by atoms with Gasteiger partial charge in [0.15, 0.2) is 0 Å². The zero-order valence-corrected chi connectivity index (χ0v) is 24.0. The molecule has 0 bridgehead atoms. The maximum atomic E-state index is 2.74. The Balaban J connectivity index is 0.000000340. The first-order chi connectivity index (χ1) is 15.2. The Morgan fingerprint density at radius 3 is 1.94 bits per heavy atom. The van der Waals surface area contributed by atoms with E-state index in [4.69, 9.17) is 0 Å². The largest absolute Gasteiger partial charge is 0.0683 e. The summed E-state index contributed by atoms with van der Waals surface area (Å²) in [6, 6.07) is 0. The average Bonchev–Trinajstić information content (AvgIpc) is 2.87. The highest BCUT2D eigenvalue weighted by molar-refractivity contribution is 5.11. The standard InChI is InChI=1S/C23H42.C7H14.C2H6/c1-7-9-19-16-22(6)18(3)10-11-20-21(4,5)13-8-14-23(20,22)15-12-17(19)2;1-7-5-3-2-4-6-7;1-2/h17-20H,7-16H2,1-6H3;7H,2-6H2,1H3;1-2H3. The Kier molecular flexibility index (Phi) is 10.7. The molecule has 0 aliphatic heterocycles. The molecule has 6 atom stereocenters. The van der Waals surface area contributed by atoms with Gasteiger partial charge in [0.05, 0.1) is 0 Å². The fourth-order valence-corrected chi connectivity index (χ4v) is 9.05. The Hall–Kier alpha value is 0. The number of hydrogen-bond donors (Lipinski definition) is 0. The van der Waals surface area contributed by atoms with E-state index in [0.29, 0.717) is 16.2 Å². The summed E-state index contributed by atoms with van der Waals surface area (Å²) in [7, 11) is 0. The summed E-state index contributed by atoms with van der Waals surface area (Å²) in [5, 5.41) is 0. The monoisotopic (exact) mass is 446 g/mol. The van der Waals surface area contributed by atoms with Crippen molar-refractivity contribution in [1.82, 2.24) is 0 Å². The van der Waals surface area contributed by atoms with Crippen LogP contribution in [0.3, 0.4) is 0 Å². The third-order valence-corrected chi connectivity index (χ3v) is 11.3. The van der Waals surface area contributed by atoms with Crippen LogP contribution in [0.25, 0.3) is 0 Å². The van der Waals surface area contributed by atoms with E-state index >= 15 is 0 Å². The molecule has 0 nitrogen and oxygen atoms in total. The van der Waals surface area contributed by atoms with E-state index in [1.807, 2.05) is 13.8 Å². The van der Waals surface area contributed by atoms with Gasteiger partial charge in [-0.2, -0.15) is 0 Å². The summed E-state index contributed by atoms with van der Waals surface area (Å²) >= 11 is 0. The molecule has 4 aliphatic rings. The molecular formula is C32H62. The first kappa shape index (κ1) is 28.2. The molecule has 4 fully saturated rings. The van der Waals surface area contributed by atoms with Crippen LogP contribution in [0.15, 0.2) is 0 Å². The van der Waals surface area contributed by atoms with Crippen LogP contribution in [0.4, 0.5) is 0 Å². The zero-order chi connectivity index (χ0) is 24.0. The topological polar surface area (TPSA) is 0 Å². The lowest BCUT2D eigenvalue weighted by molar-refractivity contribution is -0.165. The van der Waals surface area contributed by atoms with E-state index in [1.54, 1.807) is 0 Å². The second-order valence-corrected chi connectivity index (χ2v) is 13.5. The smallest absolute Gasteiger partial charge is 0.0207 e. The summed E-state index contributed by atoms with van der Waals surface area (Å²) in [5.74, 6) is 4.88. The maximum Gasteiger partial charge on any atom is -0.0207 e. The molecule has 0 radical (unpaired) electrons. The van der Waals surface area contributed by atoms with E-state index in [1.165, 1.54) is 96.3 Å². The van der Waals surface area contributed by atoms with Gasteiger partial charge in [0.1, 0.15) is 0 Å². The van der Waals surface area contributed by atoms with Crippen molar-refractivity contribution in [3.05, 3.63) is 0 Å². The summed E-state index contributed by atoms with van der Waals surface area (Å²) in [6.07, 6.45) is 22.3. The third-order valence-electron chi connectivity index (χ3n) is 11.3.